The largest absolute Gasteiger partial charge is 0.352 e. The van der Waals surface area contributed by atoms with Gasteiger partial charge in [0.25, 0.3) is 5.91 Å². The van der Waals surface area contributed by atoms with E-state index < -0.39 is 15.9 Å². The number of amides is 2. The minimum absolute atomic E-state index is 0.0946. The van der Waals surface area contributed by atoms with Gasteiger partial charge in [0.15, 0.2) is 0 Å². The summed E-state index contributed by atoms with van der Waals surface area (Å²) in [5, 5.41) is 5.31. The number of piperazine rings is 1. The minimum Gasteiger partial charge on any atom is -0.352 e. The van der Waals surface area contributed by atoms with E-state index >= 15 is 0 Å². The van der Waals surface area contributed by atoms with Gasteiger partial charge in [-0.15, -0.1) is 0 Å². The van der Waals surface area contributed by atoms with Gasteiger partial charge in [0.1, 0.15) is 0 Å². The third-order valence-electron chi connectivity index (χ3n) is 4.55. The summed E-state index contributed by atoms with van der Waals surface area (Å²) in [7, 11) is -1.68. The van der Waals surface area contributed by atoms with Crippen LogP contribution < -0.4 is 10.6 Å². The van der Waals surface area contributed by atoms with Crippen molar-refractivity contribution in [2.24, 2.45) is 0 Å². The van der Waals surface area contributed by atoms with Crippen LogP contribution in [-0.2, 0) is 14.8 Å². The van der Waals surface area contributed by atoms with E-state index in [4.69, 9.17) is 0 Å². The molecule has 2 aliphatic rings. The maximum atomic E-state index is 12.8. The van der Waals surface area contributed by atoms with Crippen LogP contribution in [0, 0.1) is 0 Å². The summed E-state index contributed by atoms with van der Waals surface area (Å²) in [6.45, 7) is 2.09. The molecule has 0 unspecified atom stereocenters. The zero-order valence-corrected chi connectivity index (χ0v) is 15.6. The molecule has 1 aliphatic carbocycles. The fraction of sp³-hybridized carbons (Fsp3) is 0.529. The van der Waals surface area contributed by atoms with Gasteiger partial charge in [-0.2, -0.15) is 4.31 Å². The Morgan fingerprint density at radius 2 is 1.85 bits per heavy atom. The summed E-state index contributed by atoms with van der Waals surface area (Å²) >= 11 is 0. The number of sulfonamides is 1. The summed E-state index contributed by atoms with van der Waals surface area (Å²) in [4.78, 5) is 26.1. The summed E-state index contributed by atoms with van der Waals surface area (Å²) in [5.41, 5.74) is 0.222. The summed E-state index contributed by atoms with van der Waals surface area (Å²) in [6, 6.07) is 6.17. The number of carbonyl (C=O) groups excluding carboxylic acids is 2. The highest BCUT2D eigenvalue weighted by molar-refractivity contribution is 7.89. The van der Waals surface area contributed by atoms with Gasteiger partial charge in [-0.25, -0.2) is 8.42 Å². The standard InChI is InChI=1S/C17H24N4O4S/c1-20-7-9-21(10-8-20)26(24,25)15-4-2-3-13(11-15)17(23)18-12-16(22)19-14-5-6-14/h2-4,11,14H,5-10,12H2,1H3,(H,18,23)(H,19,22). The number of benzene rings is 1. The number of hydrogen-bond acceptors (Lipinski definition) is 5. The summed E-state index contributed by atoms with van der Waals surface area (Å²) < 4.78 is 27.0. The molecule has 1 saturated heterocycles. The van der Waals surface area contributed by atoms with Gasteiger partial charge in [0.05, 0.1) is 11.4 Å². The van der Waals surface area contributed by atoms with E-state index in [1.165, 1.54) is 22.5 Å². The molecule has 2 fully saturated rings. The predicted molar refractivity (Wildman–Crippen MR) is 96.2 cm³/mol. The number of rotatable bonds is 6. The van der Waals surface area contributed by atoms with Crippen LogP contribution in [0.15, 0.2) is 29.2 Å². The van der Waals surface area contributed by atoms with E-state index in [2.05, 4.69) is 15.5 Å². The second-order valence-corrected chi connectivity index (χ2v) is 8.70. The Labute approximate surface area is 153 Å². The SMILES string of the molecule is CN1CCN(S(=O)(=O)c2cccc(C(=O)NCC(=O)NC3CC3)c2)CC1. The van der Waals surface area contributed by atoms with Crippen LogP contribution in [0.25, 0.3) is 0 Å². The lowest BCUT2D eigenvalue weighted by Crippen LogP contribution is -2.47. The molecular formula is C17H24N4O4S. The smallest absolute Gasteiger partial charge is 0.251 e. The molecular weight excluding hydrogens is 356 g/mol. The Kier molecular flexibility index (Phi) is 5.59. The highest BCUT2D eigenvalue weighted by Gasteiger charge is 2.28. The van der Waals surface area contributed by atoms with Gasteiger partial charge in [-0.3, -0.25) is 9.59 Å². The molecule has 26 heavy (non-hydrogen) atoms. The molecule has 9 heteroatoms. The zero-order valence-electron chi connectivity index (χ0n) is 14.8. The van der Waals surface area contributed by atoms with Crippen molar-refractivity contribution < 1.29 is 18.0 Å². The summed E-state index contributed by atoms with van der Waals surface area (Å²) in [6.07, 6.45) is 1.96. The van der Waals surface area contributed by atoms with Gasteiger partial charge in [-0.1, -0.05) is 6.07 Å². The highest BCUT2D eigenvalue weighted by Crippen LogP contribution is 2.19. The van der Waals surface area contributed by atoms with Crippen molar-refractivity contribution in [2.45, 2.75) is 23.8 Å². The Morgan fingerprint density at radius 3 is 2.50 bits per heavy atom. The molecule has 142 valence electrons. The molecule has 0 aromatic heterocycles. The third kappa shape index (κ3) is 4.60. The maximum Gasteiger partial charge on any atom is 0.251 e. The average molecular weight is 380 g/mol. The fourth-order valence-electron chi connectivity index (χ4n) is 2.74. The van der Waals surface area contributed by atoms with Crippen LogP contribution in [0.4, 0.5) is 0 Å². The predicted octanol–water partition coefficient (Wildman–Crippen LogP) is -0.369. The lowest BCUT2D eigenvalue weighted by Gasteiger charge is -2.31. The summed E-state index contributed by atoms with van der Waals surface area (Å²) in [5.74, 6) is -0.701. The van der Waals surface area contributed by atoms with Crippen molar-refractivity contribution >= 4 is 21.8 Å². The number of nitrogens with zero attached hydrogens (tertiary/aromatic N) is 2. The molecule has 1 aliphatic heterocycles. The van der Waals surface area contributed by atoms with E-state index in [0.29, 0.717) is 26.2 Å². The first-order chi connectivity index (χ1) is 12.4. The van der Waals surface area contributed by atoms with Gasteiger partial charge in [0.2, 0.25) is 15.9 Å². The van der Waals surface area contributed by atoms with E-state index in [0.717, 1.165) is 12.8 Å². The van der Waals surface area contributed by atoms with Gasteiger partial charge >= 0.3 is 0 Å². The van der Waals surface area contributed by atoms with Crippen LogP contribution >= 0.6 is 0 Å². The van der Waals surface area contributed by atoms with Crippen molar-refractivity contribution in [1.29, 1.82) is 0 Å². The molecule has 1 aromatic rings. The molecule has 0 radical (unpaired) electrons. The average Bonchev–Trinajstić information content (AvgIpc) is 3.44. The molecule has 0 atom stereocenters. The molecule has 0 spiro atoms. The second-order valence-electron chi connectivity index (χ2n) is 6.76. The third-order valence-corrected chi connectivity index (χ3v) is 6.44. The van der Waals surface area contributed by atoms with Crippen LogP contribution in [0.2, 0.25) is 0 Å². The minimum atomic E-state index is -3.63. The first-order valence-corrected chi connectivity index (χ1v) is 10.2. The number of carbonyl (C=O) groups is 2. The monoisotopic (exact) mass is 380 g/mol. The lowest BCUT2D eigenvalue weighted by atomic mass is 10.2. The van der Waals surface area contributed by atoms with E-state index in [-0.39, 0.29) is 29.0 Å². The molecule has 3 rings (SSSR count). The fourth-order valence-corrected chi connectivity index (χ4v) is 4.21. The normalized spacial score (nSPS) is 19.1. The molecule has 2 N–H and O–H groups in total. The van der Waals surface area contributed by atoms with E-state index in [1.807, 2.05) is 7.05 Å². The topological polar surface area (TPSA) is 98.8 Å². The van der Waals surface area contributed by atoms with Crippen molar-refractivity contribution in [3.05, 3.63) is 29.8 Å². The first-order valence-electron chi connectivity index (χ1n) is 8.72. The van der Waals surface area contributed by atoms with Crippen molar-refractivity contribution in [1.82, 2.24) is 19.8 Å². The Morgan fingerprint density at radius 1 is 1.15 bits per heavy atom. The molecule has 2 amide bonds. The van der Waals surface area contributed by atoms with Gasteiger partial charge < -0.3 is 15.5 Å². The van der Waals surface area contributed by atoms with Crippen LogP contribution in [0.5, 0.6) is 0 Å². The van der Waals surface area contributed by atoms with Crippen LogP contribution in [0.3, 0.4) is 0 Å². The Balaban J connectivity index is 1.64. The van der Waals surface area contributed by atoms with Crippen molar-refractivity contribution in [3.8, 4) is 0 Å². The molecule has 1 saturated carbocycles. The second kappa shape index (κ2) is 7.73. The molecule has 1 aromatic carbocycles. The molecule has 1 heterocycles. The maximum absolute atomic E-state index is 12.8. The van der Waals surface area contributed by atoms with E-state index in [9.17, 15) is 18.0 Å². The number of likely N-dealkylation sites (N-methyl/N-ethyl adjacent to an activating group) is 1. The van der Waals surface area contributed by atoms with Crippen LogP contribution in [0.1, 0.15) is 23.2 Å². The highest BCUT2D eigenvalue weighted by atomic mass is 32.2. The lowest BCUT2D eigenvalue weighted by molar-refractivity contribution is -0.120. The molecule has 0 bridgehead atoms. The van der Waals surface area contributed by atoms with Gasteiger partial charge in [-0.05, 0) is 38.1 Å². The van der Waals surface area contributed by atoms with Gasteiger partial charge in [0, 0.05) is 37.8 Å². The van der Waals surface area contributed by atoms with Crippen LogP contribution in [-0.4, -0.2) is 75.3 Å². The number of hydrogen-bond donors (Lipinski definition) is 2. The van der Waals surface area contributed by atoms with Crippen molar-refractivity contribution in [3.63, 3.8) is 0 Å². The van der Waals surface area contributed by atoms with Crippen molar-refractivity contribution in [2.75, 3.05) is 39.8 Å². The number of nitrogens with one attached hydrogen (secondary N) is 2. The quantitative estimate of drug-likeness (QED) is 0.702. The Hall–Kier alpha value is -1.97. The van der Waals surface area contributed by atoms with E-state index in [1.54, 1.807) is 6.07 Å². The first kappa shape index (κ1) is 18.8. The zero-order chi connectivity index (χ0) is 18.7. The molecule has 8 nitrogen and oxygen atoms in total. The Bertz CT molecular complexity index is 784.